The molecule has 0 bridgehead atoms. The van der Waals surface area contributed by atoms with E-state index in [-0.39, 0.29) is 12.3 Å². The summed E-state index contributed by atoms with van der Waals surface area (Å²) in [4.78, 5) is 0. The summed E-state index contributed by atoms with van der Waals surface area (Å²) in [5, 5.41) is 22.0. The standard InChI is InChI=1S/C13H11ClFNO2/c14-10-2-1-3-12(17)9(10)7-16-8-4-5-13(18)11(15)6-8/h1-6,16-18H,7H2. The number of hydrogen-bond donors (Lipinski definition) is 3. The van der Waals surface area contributed by atoms with Gasteiger partial charge in [0.05, 0.1) is 0 Å². The Morgan fingerprint density at radius 3 is 2.56 bits per heavy atom. The minimum atomic E-state index is -0.705. The van der Waals surface area contributed by atoms with Crippen LogP contribution in [0.2, 0.25) is 5.02 Å². The Morgan fingerprint density at radius 2 is 1.89 bits per heavy atom. The van der Waals surface area contributed by atoms with Crippen LogP contribution in [0, 0.1) is 5.82 Å². The monoisotopic (exact) mass is 267 g/mol. The molecule has 0 atom stereocenters. The molecule has 0 aliphatic carbocycles. The molecule has 0 aromatic heterocycles. The average Bonchev–Trinajstić information content (AvgIpc) is 2.33. The van der Waals surface area contributed by atoms with Crippen molar-refractivity contribution in [3.63, 3.8) is 0 Å². The van der Waals surface area contributed by atoms with Gasteiger partial charge in [-0.15, -0.1) is 0 Å². The molecule has 18 heavy (non-hydrogen) atoms. The number of phenolic OH excluding ortho intramolecular Hbond substituents is 2. The summed E-state index contributed by atoms with van der Waals surface area (Å²) in [5.41, 5.74) is 1.03. The van der Waals surface area contributed by atoms with Gasteiger partial charge in [0.1, 0.15) is 5.75 Å². The van der Waals surface area contributed by atoms with E-state index in [0.717, 1.165) is 0 Å². The third-order valence-electron chi connectivity index (χ3n) is 2.51. The molecule has 0 saturated heterocycles. The van der Waals surface area contributed by atoms with E-state index in [1.807, 2.05) is 0 Å². The summed E-state index contributed by atoms with van der Waals surface area (Å²) in [7, 11) is 0. The highest BCUT2D eigenvalue weighted by Crippen LogP contribution is 2.26. The zero-order valence-corrected chi connectivity index (χ0v) is 10.1. The lowest BCUT2D eigenvalue weighted by Gasteiger charge is -2.10. The van der Waals surface area contributed by atoms with Gasteiger partial charge in [0, 0.05) is 28.9 Å². The molecule has 0 aliphatic heterocycles. The smallest absolute Gasteiger partial charge is 0.166 e. The molecule has 2 rings (SSSR count). The van der Waals surface area contributed by atoms with Crippen molar-refractivity contribution in [2.24, 2.45) is 0 Å². The van der Waals surface area contributed by atoms with Gasteiger partial charge in [-0.05, 0) is 24.3 Å². The largest absolute Gasteiger partial charge is 0.508 e. The second kappa shape index (κ2) is 5.14. The van der Waals surface area contributed by atoms with Gasteiger partial charge in [0.25, 0.3) is 0 Å². The fraction of sp³-hybridized carbons (Fsp3) is 0.0769. The summed E-state index contributed by atoms with van der Waals surface area (Å²) in [6.07, 6.45) is 0. The second-order valence-corrected chi connectivity index (χ2v) is 4.16. The van der Waals surface area contributed by atoms with Crippen molar-refractivity contribution in [3.05, 3.63) is 52.8 Å². The first-order valence-electron chi connectivity index (χ1n) is 5.26. The molecule has 3 nitrogen and oxygen atoms in total. The molecule has 0 radical (unpaired) electrons. The molecule has 2 aromatic rings. The van der Waals surface area contributed by atoms with Gasteiger partial charge in [-0.1, -0.05) is 17.7 Å². The van der Waals surface area contributed by atoms with Crippen LogP contribution in [0.15, 0.2) is 36.4 Å². The fourth-order valence-electron chi connectivity index (χ4n) is 1.53. The second-order valence-electron chi connectivity index (χ2n) is 3.76. The van der Waals surface area contributed by atoms with E-state index in [1.54, 1.807) is 12.1 Å². The van der Waals surface area contributed by atoms with Gasteiger partial charge in [0.15, 0.2) is 11.6 Å². The van der Waals surface area contributed by atoms with E-state index in [2.05, 4.69) is 5.32 Å². The third kappa shape index (κ3) is 2.65. The van der Waals surface area contributed by atoms with Crippen molar-refractivity contribution in [1.82, 2.24) is 0 Å². The normalized spacial score (nSPS) is 10.3. The number of benzene rings is 2. The Hall–Kier alpha value is -1.94. The predicted octanol–water partition coefficient (Wildman–Crippen LogP) is 3.50. The van der Waals surface area contributed by atoms with Crippen molar-refractivity contribution in [1.29, 1.82) is 0 Å². The van der Waals surface area contributed by atoms with E-state index in [1.165, 1.54) is 24.3 Å². The van der Waals surface area contributed by atoms with Gasteiger partial charge in [-0.25, -0.2) is 4.39 Å². The minimum Gasteiger partial charge on any atom is -0.508 e. The quantitative estimate of drug-likeness (QED) is 0.746. The summed E-state index contributed by atoms with van der Waals surface area (Å²) in [5.74, 6) is -1.03. The molecule has 0 aliphatic rings. The molecule has 0 spiro atoms. The van der Waals surface area contributed by atoms with E-state index < -0.39 is 11.6 Å². The van der Waals surface area contributed by atoms with E-state index >= 15 is 0 Å². The van der Waals surface area contributed by atoms with Crippen molar-refractivity contribution in [3.8, 4) is 11.5 Å². The molecular formula is C13H11ClFNO2. The highest BCUT2D eigenvalue weighted by atomic mass is 35.5. The SMILES string of the molecule is Oc1ccc(NCc2c(O)cccc2Cl)cc1F. The number of anilines is 1. The maximum absolute atomic E-state index is 13.1. The lowest BCUT2D eigenvalue weighted by Crippen LogP contribution is -2.00. The molecule has 5 heteroatoms. The van der Waals surface area contributed by atoms with Crippen LogP contribution >= 0.6 is 11.6 Å². The highest BCUT2D eigenvalue weighted by molar-refractivity contribution is 6.31. The van der Waals surface area contributed by atoms with Gasteiger partial charge in [-0.2, -0.15) is 0 Å². The van der Waals surface area contributed by atoms with E-state index in [9.17, 15) is 9.50 Å². The first-order valence-corrected chi connectivity index (χ1v) is 5.64. The number of nitrogens with one attached hydrogen (secondary N) is 1. The Labute approximate surface area is 108 Å². The van der Waals surface area contributed by atoms with Crippen molar-refractivity contribution >= 4 is 17.3 Å². The van der Waals surface area contributed by atoms with Crippen LogP contribution in [0.25, 0.3) is 0 Å². The zero-order valence-electron chi connectivity index (χ0n) is 9.32. The average molecular weight is 268 g/mol. The van der Waals surface area contributed by atoms with Crippen molar-refractivity contribution in [2.75, 3.05) is 5.32 Å². The van der Waals surface area contributed by atoms with E-state index in [4.69, 9.17) is 16.7 Å². The highest BCUT2D eigenvalue weighted by Gasteiger charge is 2.06. The van der Waals surface area contributed by atoms with Gasteiger partial charge in [-0.3, -0.25) is 0 Å². The number of rotatable bonds is 3. The first-order chi connectivity index (χ1) is 8.58. The third-order valence-corrected chi connectivity index (χ3v) is 2.87. The summed E-state index contributed by atoms with van der Waals surface area (Å²) in [6, 6.07) is 8.79. The topological polar surface area (TPSA) is 52.5 Å². The Balaban J connectivity index is 2.14. The number of halogens is 2. The maximum atomic E-state index is 13.1. The molecule has 2 aromatic carbocycles. The van der Waals surface area contributed by atoms with Crippen LogP contribution in [0.3, 0.4) is 0 Å². The molecule has 0 amide bonds. The summed E-state index contributed by atoms with van der Waals surface area (Å²) in [6.45, 7) is 0.260. The first kappa shape index (κ1) is 12.5. The van der Waals surface area contributed by atoms with E-state index in [0.29, 0.717) is 16.3 Å². The van der Waals surface area contributed by atoms with Crippen LogP contribution in [-0.2, 0) is 6.54 Å². The maximum Gasteiger partial charge on any atom is 0.166 e. The number of phenols is 2. The van der Waals surface area contributed by atoms with Gasteiger partial charge in [0.2, 0.25) is 0 Å². The fourth-order valence-corrected chi connectivity index (χ4v) is 1.77. The van der Waals surface area contributed by atoms with Crippen molar-refractivity contribution < 1.29 is 14.6 Å². The Morgan fingerprint density at radius 1 is 1.11 bits per heavy atom. The predicted molar refractivity (Wildman–Crippen MR) is 68.5 cm³/mol. The molecule has 3 N–H and O–H groups in total. The number of aromatic hydroxyl groups is 2. The lowest BCUT2D eigenvalue weighted by molar-refractivity contribution is 0.432. The minimum absolute atomic E-state index is 0.0780. The van der Waals surface area contributed by atoms with Crippen LogP contribution in [0.4, 0.5) is 10.1 Å². The molecule has 0 unspecified atom stereocenters. The van der Waals surface area contributed by atoms with Crippen LogP contribution in [0.5, 0.6) is 11.5 Å². The van der Waals surface area contributed by atoms with Gasteiger partial charge >= 0.3 is 0 Å². The zero-order chi connectivity index (χ0) is 13.1. The van der Waals surface area contributed by atoms with Crippen LogP contribution < -0.4 is 5.32 Å². The Bertz CT molecular complexity index is 555. The summed E-state index contributed by atoms with van der Waals surface area (Å²) >= 11 is 5.94. The van der Waals surface area contributed by atoms with Crippen LogP contribution in [0.1, 0.15) is 5.56 Å². The molecule has 0 fully saturated rings. The summed E-state index contributed by atoms with van der Waals surface area (Å²) < 4.78 is 13.1. The van der Waals surface area contributed by atoms with Crippen LogP contribution in [-0.4, -0.2) is 10.2 Å². The molecule has 0 saturated carbocycles. The molecule has 0 heterocycles. The van der Waals surface area contributed by atoms with Crippen molar-refractivity contribution in [2.45, 2.75) is 6.54 Å². The Kier molecular flexibility index (Phi) is 3.58. The lowest BCUT2D eigenvalue weighted by atomic mass is 10.2. The molecule has 94 valence electrons. The van der Waals surface area contributed by atoms with Gasteiger partial charge < -0.3 is 15.5 Å². The number of hydrogen-bond acceptors (Lipinski definition) is 3. The molecular weight excluding hydrogens is 257 g/mol.